The highest BCUT2D eigenvalue weighted by atomic mass is 16.2. The van der Waals surface area contributed by atoms with Crippen molar-refractivity contribution in [1.82, 2.24) is 9.97 Å². The lowest BCUT2D eigenvalue weighted by Gasteiger charge is -2.15. The van der Waals surface area contributed by atoms with Crippen molar-refractivity contribution >= 4 is 35.0 Å². The summed E-state index contributed by atoms with van der Waals surface area (Å²) in [7, 11) is 0. The summed E-state index contributed by atoms with van der Waals surface area (Å²) in [5.74, 6) is -1.71. The van der Waals surface area contributed by atoms with Crippen LogP contribution in [0.4, 0.5) is 11.4 Å². The normalized spacial score (nSPS) is 14.6. The van der Waals surface area contributed by atoms with Gasteiger partial charge in [-0.15, -0.1) is 0 Å². The summed E-state index contributed by atoms with van der Waals surface area (Å²) in [4.78, 5) is 60.9. The Labute approximate surface area is 193 Å². The van der Waals surface area contributed by atoms with E-state index in [4.69, 9.17) is 0 Å². The van der Waals surface area contributed by atoms with Gasteiger partial charge in [-0.1, -0.05) is 24.3 Å². The molecule has 0 bridgehead atoms. The highest BCUT2D eigenvalue weighted by Crippen LogP contribution is 2.32. The Morgan fingerprint density at radius 3 is 1.21 bits per heavy atom. The Bertz CT molecular complexity index is 1340. The number of benzene rings is 2. The van der Waals surface area contributed by atoms with E-state index in [1.165, 1.54) is 12.4 Å². The number of aromatic nitrogens is 2. The molecule has 34 heavy (non-hydrogen) atoms. The Kier molecular flexibility index (Phi) is 4.21. The summed E-state index contributed by atoms with van der Waals surface area (Å²) in [6.45, 7) is 0. The second-order valence-electron chi connectivity index (χ2n) is 7.78. The van der Waals surface area contributed by atoms with Crippen LogP contribution >= 0.6 is 0 Å². The van der Waals surface area contributed by atoms with Crippen molar-refractivity contribution in [3.05, 3.63) is 108 Å². The van der Waals surface area contributed by atoms with Gasteiger partial charge in [0.25, 0.3) is 23.6 Å². The fourth-order valence-corrected chi connectivity index (χ4v) is 4.21. The van der Waals surface area contributed by atoms with E-state index in [1.807, 2.05) is 0 Å². The van der Waals surface area contributed by atoms with Crippen molar-refractivity contribution in [2.45, 2.75) is 0 Å². The molecule has 0 saturated heterocycles. The number of carbonyl (C=O) groups is 4. The second kappa shape index (κ2) is 7.28. The highest BCUT2D eigenvalue weighted by Gasteiger charge is 2.38. The van der Waals surface area contributed by atoms with Crippen LogP contribution in [-0.4, -0.2) is 33.6 Å². The predicted octanol–water partition coefficient (Wildman–Crippen LogP) is 3.74. The number of anilines is 2. The zero-order chi connectivity index (χ0) is 23.4. The molecule has 162 valence electrons. The molecule has 2 aliphatic rings. The maximum atomic E-state index is 12.7. The van der Waals surface area contributed by atoms with Gasteiger partial charge >= 0.3 is 0 Å². The summed E-state index contributed by atoms with van der Waals surface area (Å²) in [6.07, 6.45) is 2.97. The topological polar surface area (TPSA) is 101 Å². The van der Waals surface area contributed by atoms with Crippen LogP contribution in [0, 0.1) is 0 Å². The SMILES string of the molecule is O=C1c2cccnc2C(=O)N1c1ccc(-c2ccc(N3C(=O)c4cccnc4C3=O)cc2)cc1. The largest absolute Gasteiger partial charge is 0.284 e. The first-order valence-electron chi connectivity index (χ1n) is 10.4. The number of carbonyl (C=O) groups excluding carboxylic acids is 4. The molecule has 2 aromatic carbocycles. The van der Waals surface area contributed by atoms with Gasteiger partial charge < -0.3 is 0 Å². The minimum absolute atomic E-state index is 0.149. The average molecular weight is 446 g/mol. The minimum Gasteiger partial charge on any atom is -0.268 e. The number of pyridine rings is 2. The van der Waals surface area contributed by atoms with Gasteiger partial charge in [0.1, 0.15) is 11.4 Å². The number of nitrogens with zero attached hydrogens (tertiary/aromatic N) is 4. The molecule has 4 aromatic rings. The molecule has 4 heterocycles. The van der Waals surface area contributed by atoms with Gasteiger partial charge in [0.05, 0.1) is 22.5 Å². The van der Waals surface area contributed by atoms with Crippen molar-refractivity contribution in [2.24, 2.45) is 0 Å². The molecule has 0 saturated carbocycles. The van der Waals surface area contributed by atoms with Crippen LogP contribution < -0.4 is 9.80 Å². The Morgan fingerprint density at radius 2 is 0.853 bits per heavy atom. The lowest BCUT2D eigenvalue weighted by molar-refractivity contribution is 0.0909. The number of hydrogen-bond acceptors (Lipinski definition) is 6. The third-order valence-electron chi connectivity index (χ3n) is 5.88. The van der Waals surface area contributed by atoms with Crippen molar-refractivity contribution in [1.29, 1.82) is 0 Å². The molecule has 2 aromatic heterocycles. The first-order valence-corrected chi connectivity index (χ1v) is 10.4. The number of amides is 4. The zero-order valence-electron chi connectivity index (χ0n) is 17.5. The maximum absolute atomic E-state index is 12.7. The van der Waals surface area contributed by atoms with Gasteiger partial charge in [0.2, 0.25) is 0 Å². The predicted molar refractivity (Wildman–Crippen MR) is 123 cm³/mol. The van der Waals surface area contributed by atoms with E-state index in [9.17, 15) is 19.2 Å². The molecule has 2 aliphatic heterocycles. The first-order chi connectivity index (χ1) is 16.5. The van der Waals surface area contributed by atoms with Crippen molar-refractivity contribution < 1.29 is 19.2 Å². The Morgan fingerprint density at radius 1 is 0.471 bits per heavy atom. The lowest BCUT2D eigenvalue weighted by Crippen LogP contribution is -2.29. The van der Waals surface area contributed by atoms with Gasteiger partial charge in [0.15, 0.2) is 0 Å². The fourth-order valence-electron chi connectivity index (χ4n) is 4.21. The van der Waals surface area contributed by atoms with Crippen molar-refractivity contribution in [2.75, 3.05) is 9.80 Å². The molecule has 0 radical (unpaired) electrons. The van der Waals surface area contributed by atoms with Crippen LogP contribution in [0.2, 0.25) is 0 Å². The van der Waals surface area contributed by atoms with Crippen LogP contribution in [0.15, 0.2) is 85.2 Å². The highest BCUT2D eigenvalue weighted by molar-refractivity contribution is 6.34. The summed E-state index contributed by atoms with van der Waals surface area (Å²) >= 11 is 0. The third kappa shape index (κ3) is 2.79. The molecule has 0 aliphatic carbocycles. The van der Waals surface area contributed by atoms with E-state index in [0.717, 1.165) is 20.9 Å². The van der Waals surface area contributed by atoms with E-state index < -0.39 is 23.6 Å². The van der Waals surface area contributed by atoms with Gasteiger partial charge in [-0.25, -0.2) is 9.80 Å². The maximum Gasteiger partial charge on any atom is 0.284 e. The quantitative estimate of drug-likeness (QED) is 0.445. The molecule has 4 amide bonds. The average Bonchev–Trinajstić information content (AvgIpc) is 3.29. The number of fused-ring (bicyclic) bond motifs is 2. The molecule has 0 atom stereocenters. The molecule has 0 unspecified atom stereocenters. The van der Waals surface area contributed by atoms with Crippen LogP contribution in [0.1, 0.15) is 41.7 Å². The molecule has 0 N–H and O–H groups in total. The minimum atomic E-state index is -0.451. The zero-order valence-corrected chi connectivity index (χ0v) is 17.5. The number of rotatable bonds is 3. The van der Waals surface area contributed by atoms with E-state index in [1.54, 1.807) is 72.8 Å². The van der Waals surface area contributed by atoms with Gasteiger partial charge in [-0.2, -0.15) is 0 Å². The van der Waals surface area contributed by atoms with Gasteiger partial charge in [-0.05, 0) is 59.7 Å². The molecular formula is C26H14N4O4. The Hall–Kier alpha value is -4.98. The van der Waals surface area contributed by atoms with E-state index in [0.29, 0.717) is 11.4 Å². The molecule has 0 spiro atoms. The van der Waals surface area contributed by atoms with Gasteiger partial charge in [0, 0.05) is 12.4 Å². The fraction of sp³-hybridized carbons (Fsp3) is 0. The van der Waals surface area contributed by atoms with Crippen LogP contribution in [0.5, 0.6) is 0 Å². The second-order valence-corrected chi connectivity index (χ2v) is 7.78. The molecule has 8 nitrogen and oxygen atoms in total. The molecule has 6 rings (SSSR count). The van der Waals surface area contributed by atoms with Crippen molar-refractivity contribution in [3.8, 4) is 11.1 Å². The van der Waals surface area contributed by atoms with E-state index >= 15 is 0 Å². The summed E-state index contributed by atoms with van der Waals surface area (Å²) in [5, 5.41) is 0. The third-order valence-corrected chi connectivity index (χ3v) is 5.88. The summed E-state index contributed by atoms with van der Waals surface area (Å²) in [5.41, 5.74) is 3.46. The standard InChI is InChI=1S/C26H14N4O4/c31-23-19-3-1-13-27-21(19)25(33)29(23)17-9-5-15(6-10-17)16-7-11-18(12-8-16)30-24(32)20-4-2-14-28-22(20)26(30)34/h1-14H. The van der Waals surface area contributed by atoms with E-state index in [-0.39, 0.29) is 22.5 Å². The van der Waals surface area contributed by atoms with Gasteiger partial charge in [-0.3, -0.25) is 29.1 Å². The summed E-state index contributed by atoms with van der Waals surface area (Å²) < 4.78 is 0. The van der Waals surface area contributed by atoms with E-state index in [2.05, 4.69) is 9.97 Å². The monoisotopic (exact) mass is 446 g/mol. The van der Waals surface area contributed by atoms with Crippen LogP contribution in [0.3, 0.4) is 0 Å². The molecule has 8 heteroatoms. The smallest absolute Gasteiger partial charge is 0.268 e. The molecular weight excluding hydrogens is 432 g/mol. The van der Waals surface area contributed by atoms with Crippen molar-refractivity contribution in [3.63, 3.8) is 0 Å². The summed E-state index contributed by atoms with van der Waals surface area (Å²) in [6, 6.07) is 20.4. The number of hydrogen-bond donors (Lipinski definition) is 0. The lowest BCUT2D eigenvalue weighted by atomic mass is 10.0. The Balaban J connectivity index is 1.25. The first kappa shape index (κ1) is 19.7. The van der Waals surface area contributed by atoms with Crippen LogP contribution in [-0.2, 0) is 0 Å². The van der Waals surface area contributed by atoms with Crippen LogP contribution in [0.25, 0.3) is 11.1 Å². The number of imide groups is 2. The molecule has 0 fully saturated rings.